The van der Waals surface area contributed by atoms with Crippen LogP contribution >= 0.6 is 0 Å². The molecule has 8 nitrogen and oxygen atoms in total. The molecule has 1 aliphatic carbocycles. The highest BCUT2D eigenvalue weighted by Gasteiger charge is 2.44. The standard InChI is InChI=1S/C23H23F2N7O/c1-23(25)6-5-14-9-26-22(29-20(14)23)31-12-15-10-30(11-16(15)13-31)21(33)19-17(24)3-2-4-18(19)32-27-7-8-28-32/h2-4,7-9,15-16H,5-6,10-13H2,1H3/t15-,16+,23?. The van der Waals surface area contributed by atoms with Crippen LogP contribution in [0.5, 0.6) is 0 Å². The Hall–Kier alpha value is -3.43. The Morgan fingerprint density at radius 2 is 1.85 bits per heavy atom. The van der Waals surface area contributed by atoms with Crippen molar-refractivity contribution in [1.29, 1.82) is 0 Å². The topological polar surface area (TPSA) is 80.0 Å². The van der Waals surface area contributed by atoms with Gasteiger partial charge in [0.05, 0.1) is 18.1 Å². The van der Waals surface area contributed by atoms with Crippen LogP contribution < -0.4 is 4.90 Å². The zero-order valence-corrected chi connectivity index (χ0v) is 18.2. The summed E-state index contributed by atoms with van der Waals surface area (Å²) >= 11 is 0. The molecule has 2 aliphatic heterocycles. The summed E-state index contributed by atoms with van der Waals surface area (Å²) in [4.78, 5) is 27.4. The molecular weight excluding hydrogens is 428 g/mol. The van der Waals surface area contributed by atoms with Crippen molar-refractivity contribution in [2.24, 2.45) is 11.8 Å². The minimum Gasteiger partial charge on any atom is -0.340 e. The van der Waals surface area contributed by atoms with E-state index in [0.717, 1.165) is 5.56 Å². The lowest BCUT2D eigenvalue weighted by Gasteiger charge is -2.23. The number of hydrogen-bond donors (Lipinski definition) is 0. The van der Waals surface area contributed by atoms with Crippen molar-refractivity contribution in [3.63, 3.8) is 0 Å². The summed E-state index contributed by atoms with van der Waals surface area (Å²) in [7, 11) is 0. The van der Waals surface area contributed by atoms with Crippen LogP contribution in [0.4, 0.5) is 14.7 Å². The molecular formula is C23H23F2N7O. The van der Waals surface area contributed by atoms with Gasteiger partial charge in [0, 0.05) is 44.2 Å². The number of carbonyl (C=O) groups is 1. The quantitative estimate of drug-likeness (QED) is 0.609. The number of benzene rings is 1. The predicted octanol–water partition coefficient (Wildman–Crippen LogP) is 2.54. The molecule has 33 heavy (non-hydrogen) atoms. The summed E-state index contributed by atoms with van der Waals surface area (Å²) in [6.45, 7) is 3.98. The number of aromatic nitrogens is 5. The smallest absolute Gasteiger partial charge is 0.259 e. The normalized spacial score (nSPS) is 26.0. The van der Waals surface area contributed by atoms with Gasteiger partial charge in [-0.25, -0.2) is 18.7 Å². The van der Waals surface area contributed by atoms with Crippen molar-refractivity contribution >= 4 is 11.9 Å². The fourth-order valence-electron chi connectivity index (χ4n) is 5.38. The molecule has 2 saturated heterocycles. The van der Waals surface area contributed by atoms with Crippen LogP contribution in [-0.4, -0.2) is 61.9 Å². The zero-order chi connectivity index (χ0) is 22.7. The molecule has 0 bridgehead atoms. The van der Waals surface area contributed by atoms with E-state index in [4.69, 9.17) is 0 Å². The van der Waals surface area contributed by atoms with Crippen molar-refractivity contribution in [3.8, 4) is 5.69 Å². The van der Waals surface area contributed by atoms with Gasteiger partial charge in [-0.2, -0.15) is 15.0 Å². The molecule has 0 radical (unpaired) electrons. The lowest BCUT2D eigenvalue weighted by atomic mass is 10.0. The van der Waals surface area contributed by atoms with E-state index in [-0.39, 0.29) is 23.3 Å². The van der Waals surface area contributed by atoms with Crippen LogP contribution in [0.3, 0.4) is 0 Å². The number of likely N-dealkylation sites (tertiary alicyclic amines) is 1. The van der Waals surface area contributed by atoms with E-state index in [9.17, 15) is 13.6 Å². The highest BCUT2D eigenvalue weighted by Crippen LogP contribution is 2.40. The van der Waals surface area contributed by atoms with Gasteiger partial charge < -0.3 is 9.80 Å². The molecule has 170 valence electrons. The fraction of sp³-hybridized carbons (Fsp3) is 0.435. The van der Waals surface area contributed by atoms with E-state index >= 15 is 0 Å². The first-order chi connectivity index (χ1) is 15.9. The highest BCUT2D eigenvalue weighted by molar-refractivity contribution is 5.98. The van der Waals surface area contributed by atoms with Crippen LogP contribution in [0, 0.1) is 17.7 Å². The van der Waals surface area contributed by atoms with Crippen molar-refractivity contribution in [3.05, 3.63) is 59.4 Å². The maximum atomic E-state index is 14.8. The molecule has 1 aromatic carbocycles. The first kappa shape index (κ1) is 20.2. The molecule has 0 spiro atoms. The number of rotatable bonds is 3. The van der Waals surface area contributed by atoms with Gasteiger partial charge in [-0.3, -0.25) is 4.79 Å². The molecule has 4 heterocycles. The minimum atomic E-state index is -1.41. The van der Waals surface area contributed by atoms with Crippen LogP contribution in [0.25, 0.3) is 5.69 Å². The third kappa shape index (κ3) is 3.27. The Bertz CT molecular complexity index is 1220. The summed E-state index contributed by atoms with van der Waals surface area (Å²) in [5, 5.41) is 8.11. The number of alkyl halides is 1. The number of amides is 1. The molecule has 3 atom stereocenters. The molecule has 2 fully saturated rings. The van der Waals surface area contributed by atoms with Crippen LogP contribution in [-0.2, 0) is 12.1 Å². The van der Waals surface area contributed by atoms with Crippen molar-refractivity contribution in [2.75, 3.05) is 31.1 Å². The van der Waals surface area contributed by atoms with Crippen molar-refractivity contribution < 1.29 is 13.6 Å². The number of hydrogen-bond acceptors (Lipinski definition) is 6. The highest BCUT2D eigenvalue weighted by atomic mass is 19.1. The molecule has 2 aromatic heterocycles. The van der Waals surface area contributed by atoms with Crippen LogP contribution in [0.15, 0.2) is 36.8 Å². The Kier molecular flexibility index (Phi) is 4.46. The molecule has 6 rings (SSSR count). The van der Waals surface area contributed by atoms with E-state index in [2.05, 4.69) is 25.1 Å². The largest absolute Gasteiger partial charge is 0.340 e. The predicted molar refractivity (Wildman–Crippen MR) is 115 cm³/mol. The second-order valence-electron chi connectivity index (χ2n) is 9.33. The number of aryl methyl sites for hydroxylation is 1. The van der Waals surface area contributed by atoms with Gasteiger partial charge in [0.25, 0.3) is 5.91 Å². The van der Waals surface area contributed by atoms with Gasteiger partial charge in [0.2, 0.25) is 5.95 Å². The van der Waals surface area contributed by atoms with Gasteiger partial charge in [0.15, 0.2) is 5.67 Å². The maximum absolute atomic E-state index is 14.8. The Morgan fingerprint density at radius 3 is 2.58 bits per heavy atom. The number of nitrogens with zero attached hydrogens (tertiary/aromatic N) is 7. The lowest BCUT2D eigenvalue weighted by molar-refractivity contribution is 0.0777. The molecule has 10 heteroatoms. The monoisotopic (exact) mass is 451 g/mol. The summed E-state index contributed by atoms with van der Waals surface area (Å²) in [5.74, 6) is 0.0480. The molecule has 1 amide bonds. The van der Waals surface area contributed by atoms with Gasteiger partial charge >= 0.3 is 0 Å². The van der Waals surface area contributed by atoms with E-state index in [1.54, 1.807) is 30.2 Å². The first-order valence-electron chi connectivity index (χ1n) is 11.2. The number of anilines is 1. The zero-order valence-electron chi connectivity index (χ0n) is 18.2. The second-order valence-corrected chi connectivity index (χ2v) is 9.33. The Balaban J connectivity index is 1.20. The SMILES string of the molecule is CC1(F)CCc2cnc(N3C[C@H]4CN(C(=O)c5c(F)cccc5-n5nccn5)C[C@H]4C3)nc21. The second kappa shape index (κ2) is 7.29. The van der Waals surface area contributed by atoms with Crippen LogP contribution in [0.2, 0.25) is 0 Å². The number of halogens is 2. The Labute approximate surface area is 189 Å². The van der Waals surface area contributed by atoms with E-state index in [1.165, 1.54) is 23.3 Å². The molecule has 1 unspecified atom stereocenters. The third-order valence-electron chi connectivity index (χ3n) is 7.11. The van der Waals surface area contributed by atoms with Gasteiger partial charge in [-0.1, -0.05) is 6.07 Å². The Morgan fingerprint density at radius 1 is 1.12 bits per heavy atom. The van der Waals surface area contributed by atoms with Gasteiger partial charge in [-0.05, 0) is 37.5 Å². The fourth-order valence-corrected chi connectivity index (χ4v) is 5.38. The number of fused-ring (bicyclic) bond motifs is 2. The van der Waals surface area contributed by atoms with Gasteiger partial charge in [0.1, 0.15) is 17.1 Å². The molecule has 3 aliphatic rings. The first-order valence-corrected chi connectivity index (χ1v) is 11.2. The van der Waals surface area contributed by atoms with Crippen molar-refractivity contribution in [2.45, 2.75) is 25.4 Å². The van der Waals surface area contributed by atoms with E-state index < -0.39 is 11.5 Å². The molecule has 0 N–H and O–H groups in total. The minimum absolute atomic E-state index is 0.0188. The summed E-state index contributed by atoms with van der Waals surface area (Å²) in [6.07, 6.45) is 5.82. The third-order valence-corrected chi connectivity index (χ3v) is 7.11. The average Bonchev–Trinajstić information content (AvgIpc) is 3.57. The average molecular weight is 451 g/mol. The molecule has 3 aromatic rings. The van der Waals surface area contributed by atoms with E-state index in [0.29, 0.717) is 56.4 Å². The van der Waals surface area contributed by atoms with Crippen molar-refractivity contribution in [1.82, 2.24) is 29.9 Å². The van der Waals surface area contributed by atoms with E-state index in [1.807, 2.05) is 0 Å². The van der Waals surface area contributed by atoms with Crippen LogP contribution in [0.1, 0.15) is 35.0 Å². The summed E-state index contributed by atoms with van der Waals surface area (Å²) in [5.41, 5.74) is 0.277. The van der Waals surface area contributed by atoms with Gasteiger partial charge in [-0.15, -0.1) is 0 Å². The lowest BCUT2D eigenvalue weighted by Crippen LogP contribution is -2.35. The number of carbonyl (C=O) groups excluding carboxylic acids is 1. The summed E-state index contributed by atoms with van der Waals surface area (Å²) in [6, 6.07) is 4.46. The summed E-state index contributed by atoms with van der Waals surface area (Å²) < 4.78 is 29.5. The molecule has 0 saturated carbocycles. The maximum Gasteiger partial charge on any atom is 0.259 e.